The van der Waals surface area contributed by atoms with E-state index in [4.69, 9.17) is 4.74 Å². The summed E-state index contributed by atoms with van der Waals surface area (Å²) in [4.78, 5) is 12.0. The SMILES string of the molecule is COC(=O)C(O)c1cccc(OC)c1SC. The van der Waals surface area contributed by atoms with Gasteiger partial charge in [-0.05, 0) is 12.3 Å². The fourth-order valence-electron chi connectivity index (χ4n) is 1.37. The number of benzene rings is 1. The molecule has 1 N–H and O–H groups in total. The third-order valence-corrected chi connectivity index (χ3v) is 3.00. The lowest BCUT2D eigenvalue weighted by molar-refractivity contribution is -0.150. The van der Waals surface area contributed by atoms with Gasteiger partial charge < -0.3 is 14.6 Å². The van der Waals surface area contributed by atoms with E-state index in [1.165, 1.54) is 18.9 Å². The van der Waals surface area contributed by atoms with Gasteiger partial charge in [-0.2, -0.15) is 0 Å². The van der Waals surface area contributed by atoms with Crippen LogP contribution >= 0.6 is 11.8 Å². The maximum absolute atomic E-state index is 11.3. The van der Waals surface area contributed by atoms with Crippen LogP contribution in [0, 0.1) is 0 Å². The minimum Gasteiger partial charge on any atom is -0.496 e. The van der Waals surface area contributed by atoms with Gasteiger partial charge in [0.1, 0.15) is 5.75 Å². The molecule has 0 aliphatic carbocycles. The van der Waals surface area contributed by atoms with Gasteiger partial charge in [0.05, 0.1) is 19.1 Å². The Morgan fingerprint density at radius 2 is 2.12 bits per heavy atom. The summed E-state index contributed by atoms with van der Waals surface area (Å²) >= 11 is 1.41. The number of carbonyl (C=O) groups excluding carboxylic acids is 1. The smallest absolute Gasteiger partial charge is 0.339 e. The molecule has 0 amide bonds. The molecule has 0 radical (unpaired) electrons. The predicted molar refractivity (Wildman–Crippen MR) is 61.8 cm³/mol. The second kappa shape index (κ2) is 5.77. The van der Waals surface area contributed by atoms with Gasteiger partial charge in [0, 0.05) is 5.56 Å². The van der Waals surface area contributed by atoms with Gasteiger partial charge in [-0.15, -0.1) is 11.8 Å². The first-order chi connectivity index (χ1) is 7.65. The van der Waals surface area contributed by atoms with Crippen LogP contribution in [0.4, 0.5) is 0 Å². The van der Waals surface area contributed by atoms with Gasteiger partial charge >= 0.3 is 5.97 Å². The van der Waals surface area contributed by atoms with Crippen molar-refractivity contribution in [2.24, 2.45) is 0 Å². The van der Waals surface area contributed by atoms with Crippen molar-refractivity contribution in [2.45, 2.75) is 11.0 Å². The third kappa shape index (κ3) is 2.48. The summed E-state index contributed by atoms with van der Waals surface area (Å²) in [6.07, 6.45) is 0.577. The van der Waals surface area contributed by atoms with Crippen LogP contribution in [0.2, 0.25) is 0 Å². The molecule has 0 aliphatic heterocycles. The lowest BCUT2D eigenvalue weighted by atomic mass is 10.1. The topological polar surface area (TPSA) is 55.8 Å². The van der Waals surface area contributed by atoms with Crippen LogP contribution in [-0.4, -0.2) is 31.6 Å². The van der Waals surface area contributed by atoms with Crippen LogP contribution in [0.5, 0.6) is 5.75 Å². The Morgan fingerprint density at radius 1 is 1.44 bits per heavy atom. The Kier molecular flexibility index (Phi) is 4.64. The Balaban J connectivity index is 3.17. The van der Waals surface area contributed by atoms with E-state index in [1.54, 1.807) is 25.3 Å². The summed E-state index contributed by atoms with van der Waals surface area (Å²) < 4.78 is 9.66. The summed E-state index contributed by atoms with van der Waals surface area (Å²) in [6, 6.07) is 5.18. The molecule has 0 spiro atoms. The second-order valence-electron chi connectivity index (χ2n) is 3.01. The number of esters is 1. The van der Waals surface area contributed by atoms with Crippen molar-refractivity contribution in [3.63, 3.8) is 0 Å². The summed E-state index contributed by atoms with van der Waals surface area (Å²) in [7, 11) is 2.79. The van der Waals surface area contributed by atoms with Crippen molar-refractivity contribution in [1.82, 2.24) is 0 Å². The maximum atomic E-state index is 11.3. The van der Waals surface area contributed by atoms with Crippen LogP contribution in [0.1, 0.15) is 11.7 Å². The van der Waals surface area contributed by atoms with Gasteiger partial charge in [0.2, 0.25) is 0 Å². The zero-order valence-electron chi connectivity index (χ0n) is 9.39. The Hall–Kier alpha value is -1.20. The summed E-state index contributed by atoms with van der Waals surface area (Å²) in [5, 5.41) is 9.78. The Labute approximate surface area is 98.6 Å². The zero-order chi connectivity index (χ0) is 12.1. The molecule has 88 valence electrons. The molecular weight excluding hydrogens is 228 g/mol. The molecule has 1 unspecified atom stereocenters. The van der Waals surface area contributed by atoms with Crippen LogP contribution < -0.4 is 4.74 Å². The Bertz CT molecular complexity index is 378. The van der Waals surface area contributed by atoms with Crippen molar-refractivity contribution in [3.8, 4) is 5.75 Å². The highest BCUT2D eigenvalue weighted by Crippen LogP contribution is 2.34. The van der Waals surface area contributed by atoms with Gasteiger partial charge in [-0.25, -0.2) is 4.79 Å². The first-order valence-corrected chi connectivity index (χ1v) is 5.85. The highest BCUT2D eigenvalue weighted by Gasteiger charge is 2.22. The number of carbonyl (C=O) groups is 1. The van der Waals surface area contributed by atoms with Crippen LogP contribution in [0.3, 0.4) is 0 Å². The molecule has 1 rings (SSSR count). The van der Waals surface area contributed by atoms with E-state index < -0.39 is 12.1 Å². The second-order valence-corrected chi connectivity index (χ2v) is 3.82. The largest absolute Gasteiger partial charge is 0.496 e. The molecule has 16 heavy (non-hydrogen) atoms. The molecule has 4 nitrogen and oxygen atoms in total. The highest BCUT2D eigenvalue weighted by atomic mass is 32.2. The van der Waals surface area contributed by atoms with E-state index in [1.807, 2.05) is 6.26 Å². The van der Waals surface area contributed by atoms with E-state index >= 15 is 0 Å². The first-order valence-electron chi connectivity index (χ1n) is 4.62. The molecule has 5 heteroatoms. The van der Waals surface area contributed by atoms with Crippen molar-refractivity contribution >= 4 is 17.7 Å². The van der Waals surface area contributed by atoms with E-state index in [0.29, 0.717) is 11.3 Å². The van der Waals surface area contributed by atoms with Crippen LogP contribution in [-0.2, 0) is 9.53 Å². The molecule has 0 fully saturated rings. The highest BCUT2D eigenvalue weighted by molar-refractivity contribution is 7.98. The number of hydrogen-bond acceptors (Lipinski definition) is 5. The molecule has 1 aromatic carbocycles. The standard InChI is InChI=1S/C11H14O4S/c1-14-8-6-4-5-7(10(8)16-3)9(12)11(13)15-2/h4-6,9,12H,1-3H3. The van der Waals surface area contributed by atoms with Gasteiger partial charge in [0.25, 0.3) is 0 Å². The number of aliphatic hydroxyl groups is 1. The van der Waals surface area contributed by atoms with E-state index in [-0.39, 0.29) is 0 Å². The molecule has 1 aromatic rings. The molecule has 0 saturated carbocycles. The van der Waals surface area contributed by atoms with Gasteiger partial charge in [0.15, 0.2) is 6.10 Å². The zero-order valence-corrected chi connectivity index (χ0v) is 10.2. The monoisotopic (exact) mass is 242 g/mol. The van der Waals surface area contributed by atoms with Crippen LogP contribution in [0.25, 0.3) is 0 Å². The molecule has 0 bridgehead atoms. The van der Waals surface area contributed by atoms with Crippen LogP contribution in [0.15, 0.2) is 23.1 Å². The van der Waals surface area contributed by atoms with Crippen molar-refractivity contribution < 1.29 is 19.4 Å². The quantitative estimate of drug-likeness (QED) is 0.642. The molecule has 0 heterocycles. The molecule has 1 atom stereocenters. The number of methoxy groups -OCH3 is 2. The van der Waals surface area contributed by atoms with Crippen molar-refractivity contribution in [1.29, 1.82) is 0 Å². The van der Waals surface area contributed by atoms with E-state index in [9.17, 15) is 9.90 Å². The van der Waals surface area contributed by atoms with Crippen molar-refractivity contribution in [2.75, 3.05) is 20.5 Å². The number of aliphatic hydroxyl groups excluding tert-OH is 1. The lowest BCUT2D eigenvalue weighted by Crippen LogP contribution is -2.14. The average molecular weight is 242 g/mol. The number of ether oxygens (including phenoxy) is 2. The van der Waals surface area contributed by atoms with Crippen molar-refractivity contribution in [3.05, 3.63) is 23.8 Å². The minimum absolute atomic E-state index is 0.499. The Morgan fingerprint density at radius 3 is 2.62 bits per heavy atom. The molecule has 0 saturated heterocycles. The fraction of sp³-hybridized carbons (Fsp3) is 0.364. The molecule has 0 aromatic heterocycles. The summed E-state index contributed by atoms with van der Waals surface area (Å²) in [5.41, 5.74) is 0.499. The first kappa shape index (κ1) is 12.9. The third-order valence-electron chi connectivity index (χ3n) is 2.15. The summed E-state index contributed by atoms with van der Waals surface area (Å²) in [6.45, 7) is 0. The average Bonchev–Trinajstić information content (AvgIpc) is 2.35. The lowest BCUT2D eigenvalue weighted by Gasteiger charge is -2.15. The predicted octanol–water partition coefficient (Wildman–Crippen LogP) is 1.62. The molecule has 0 aliphatic rings. The molecular formula is C11H14O4S. The minimum atomic E-state index is -1.28. The normalized spacial score (nSPS) is 12.0. The van der Waals surface area contributed by atoms with E-state index in [0.717, 1.165) is 4.90 Å². The fourth-order valence-corrected chi connectivity index (χ4v) is 2.13. The van der Waals surface area contributed by atoms with E-state index in [2.05, 4.69) is 4.74 Å². The number of thioether (sulfide) groups is 1. The maximum Gasteiger partial charge on any atom is 0.339 e. The van der Waals surface area contributed by atoms with Gasteiger partial charge in [-0.1, -0.05) is 12.1 Å². The van der Waals surface area contributed by atoms with Gasteiger partial charge in [-0.3, -0.25) is 0 Å². The summed E-state index contributed by atoms with van der Waals surface area (Å²) in [5.74, 6) is -0.0449. The number of rotatable bonds is 4. The number of hydrogen-bond donors (Lipinski definition) is 1.